The van der Waals surface area contributed by atoms with Crippen molar-refractivity contribution in [2.75, 3.05) is 0 Å². The van der Waals surface area contributed by atoms with Gasteiger partial charge in [0.2, 0.25) is 5.89 Å². The highest BCUT2D eigenvalue weighted by Gasteiger charge is 2.15. The van der Waals surface area contributed by atoms with Crippen LogP contribution >= 0.6 is 22.9 Å². The molecule has 3 aromatic heterocycles. The minimum atomic E-state index is -0.484. The van der Waals surface area contributed by atoms with Gasteiger partial charge in [0.1, 0.15) is 23.8 Å². The van der Waals surface area contributed by atoms with Gasteiger partial charge < -0.3 is 14.1 Å². The molecule has 0 atom stereocenters. The third-order valence-corrected chi connectivity index (χ3v) is 3.91. The molecule has 0 aliphatic carbocycles. The van der Waals surface area contributed by atoms with Crippen molar-refractivity contribution in [1.29, 1.82) is 0 Å². The summed E-state index contributed by atoms with van der Waals surface area (Å²) in [5.74, 6) is 0.689. The summed E-state index contributed by atoms with van der Waals surface area (Å²) >= 11 is 7.28. The minimum Gasteiger partial charge on any atom is -0.454 e. The first-order valence-electron chi connectivity index (χ1n) is 6.14. The number of aromatic amines is 1. The van der Waals surface area contributed by atoms with Crippen LogP contribution in [0.15, 0.2) is 34.2 Å². The Balaban J connectivity index is 1.69. The average molecular weight is 323 g/mol. The van der Waals surface area contributed by atoms with Crippen molar-refractivity contribution in [3.63, 3.8) is 0 Å². The molecule has 3 aromatic rings. The van der Waals surface area contributed by atoms with E-state index in [4.69, 9.17) is 20.8 Å². The Bertz CT molecular complexity index is 761. The number of carbonyl (C=O) groups is 1. The first kappa shape index (κ1) is 13.9. The largest absolute Gasteiger partial charge is 0.454 e. The lowest BCUT2D eigenvalue weighted by atomic mass is 10.4. The molecule has 0 saturated carbocycles. The standard InChI is InChI=1S/C14H11ClN2O3S/c1-8-11(17-13(20-8)12-3-2-4-21-12)7-19-14(18)10-5-9(15)6-16-10/h2-6,16H,7H2,1H3. The van der Waals surface area contributed by atoms with Gasteiger partial charge in [-0.3, -0.25) is 0 Å². The predicted molar refractivity (Wildman–Crippen MR) is 79.5 cm³/mol. The van der Waals surface area contributed by atoms with E-state index in [1.165, 1.54) is 23.6 Å². The summed E-state index contributed by atoms with van der Waals surface area (Å²) in [5, 5.41) is 2.41. The number of H-pyrrole nitrogens is 1. The van der Waals surface area contributed by atoms with Crippen molar-refractivity contribution in [3.8, 4) is 10.8 Å². The van der Waals surface area contributed by atoms with Gasteiger partial charge in [-0.2, -0.15) is 0 Å². The Morgan fingerprint density at radius 2 is 2.43 bits per heavy atom. The lowest BCUT2D eigenvalue weighted by Crippen LogP contribution is -2.06. The highest BCUT2D eigenvalue weighted by molar-refractivity contribution is 7.13. The zero-order chi connectivity index (χ0) is 14.8. The van der Waals surface area contributed by atoms with Crippen LogP contribution in [-0.2, 0) is 11.3 Å². The fraction of sp³-hybridized carbons (Fsp3) is 0.143. The number of ether oxygens (including phenoxy) is 1. The summed E-state index contributed by atoms with van der Waals surface area (Å²) < 4.78 is 10.8. The zero-order valence-electron chi connectivity index (χ0n) is 11.1. The minimum absolute atomic E-state index is 0.0518. The first-order valence-corrected chi connectivity index (χ1v) is 7.40. The number of hydrogen-bond acceptors (Lipinski definition) is 5. The molecule has 0 radical (unpaired) electrons. The van der Waals surface area contributed by atoms with Gasteiger partial charge in [-0.25, -0.2) is 9.78 Å². The summed E-state index contributed by atoms with van der Waals surface area (Å²) in [6.45, 7) is 1.84. The smallest absolute Gasteiger partial charge is 0.355 e. The molecule has 108 valence electrons. The Labute approximate surface area is 129 Å². The lowest BCUT2D eigenvalue weighted by molar-refractivity contribution is 0.0461. The normalized spacial score (nSPS) is 10.8. The molecule has 3 rings (SSSR count). The van der Waals surface area contributed by atoms with E-state index in [0.29, 0.717) is 28.1 Å². The molecule has 0 amide bonds. The Kier molecular flexibility index (Phi) is 3.81. The summed E-state index contributed by atoms with van der Waals surface area (Å²) in [7, 11) is 0. The number of nitrogens with one attached hydrogen (secondary N) is 1. The summed E-state index contributed by atoms with van der Waals surface area (Å²) in [6.07, 6.45) is 1.52. The molecule has 0 aliphatic rings. The van der Waals surface area contributed by atoms with Crippen LogP contribution in [-0.4, -0.2) is 15.9 Å². The molecule has 0 saturated heterocycles. The van der Waals surface area contributed by atoms with E-state index in [1.807, 2.05) is 17.5 Å². The molecule has 3 heterocycles. The van der Waals surface area contributed by atoms with Crippen molar-refractivity contribution in [1.82, 2.24) is 9.97 Å². The second-order valence-electron chi connectivity index (χ2n) is 4.31. The molecule has 0 spiro atoms. The number of carbonyl (C=O) groups excluding carboxylic acids is 1. The Hall–Kier alpha value is -2.05. The maximum Gasteiger partial charge on any atom is 0.355 e. The van der Waals surface area contributed by atoms with Gasteiger partial charge in [-0.15, -0.1) is 11.3 Å². The molecule has 7 heteroatoms. The van der Waals surface area contributed by atoms with Gasteiger partial charge >= 0.3 is 5.97 Å². The molecule has 0 aliphatic heterocycles. The number of oxazole rings is 1. The van der Waals surface area contributed by atoms with E-state index in [1.54, 1.807) is 6.92 Å². The number of hydrogen-bond donors (Lipinski definition) is 1. The maximum atomic E-state index is 11.8. The van der Waals surface area contributed by atoms with Crippen molar-refractivity contribution in [3.05, 3.63) is 51.9 Å². The van der Waals surface area contributed by atoms with E-state index in [2.05, 4.69) is 9.97 Å². The number of rotatable bonds is 4. The SMILES string of the molecule is Cc1oc(-c2cccs2)nc1COC(=O)c1cc(Cl)c[nH]1. The van der Waals surface area contributed by atoms with Gasteiger partial charge in [0.15, 0.2) is 0 Å². The third kappa shape index (κ3) is 3.01. The molecule has 0 unspecified atom stereocenters. The number of nitrogens with zero attached hydrogens (tertiary/aromatic N) is 1. The van der Waals surface area contributed by atoms with Gasteiger partial charge in [0.25, 0.3) is 0 Å². The Morgan fingerprint density at radius 1 is 1.57 bits per heavy atom. The third-order valence-electron chi connectivity index (χ3n) is 2.83. The van der Waals surface area contributed by atoms with E-state index >= 15 is 0 Å². The fourth-order valence-electron chi connectivity index (χ4n) is 1.77. The second kappa shape index (κ2) is 5.75. The number of thiophene rings is 1. The average Bonchev–Trinajstić information content (AvgIpc) is 3.16. The second-order valence-corrected chi connectivity index (χ2v) is 5.69. The van der Waals surface area contributed by atoms with Crippen molar-refractivity contribution in [2.24, 2.45) is 0 Å². The molecule has 21 heavy (non-hydrogen) atoms. The van der Waals surface area contributed by atoms with Crippen molar-refractivity contribution < 1.29 is 13.9 Å². The number of esters is 1. The number of halogens is 1. The zero-order valence-corrected chi connectivity index (χ0v) is 12.6. The molecule has 5 nitrogen and oxygen atoms in total. The highest BCUT2D eigenvalue weighted by atomic mass is 35.5. The Morgan fingerprint density at radius 3 is 3.10 bits per heavy atom. The summed E-state index contributed by atoms with van der Waals surface area (Å²) in [4.78, 5) is 19.8. The topological polar surface area (TPSA) is 68.1 Å². The van der Waals surface area contributed by atoms with Gasteiger partial charge in [0.05, 0.1) is 9.90 Å². The predicted octanol–water partition coefficient (Wildman–Crippen LogP) is 4.05. The molecule has 1 N–H and O–H groups in total. The van der Waals surface area contributed by atoms with Crippen molar-refractivity contribution >= 4 is 28.9 Å². The quantitative estimate of drug-likeness (QED) is 0.736. The van der Waals surface area contributed by atoms with Gasteiger partial charge in [-0.05, 0) is 24.4 Å². The first-order chi connectivity index (χ1) is 10.1. The highest BCUT2D eigenvalue weighted by Crippen LogP contribution is 2.26. The van der Waals surface area contributed by atoms with Crippen LogP contribution < -0.4 is 0 Å². The van der Waals surface area contributed by atoms with Crippen LogP contribution in [0.4, 0.5) is 0 Å². The fourth-order valence-corrected chi connectivity index (χ4v) is 2.58. The van der Waals surface area contributed by atoms with Crippen LogP contribution in [0, 0.1) is 6.92 Å². The molecule has 0 bridgehead atoms. The van der Waals surface area contributed by atoms with Crippen LogP contribution in [0.3, 0.4) is 0 Å². The van der Waals surface area contributed by atoms with Crippen LogP contribution in [0.25, 0.3) is 10.8 Å². The number of aromatic nitrogens is 2. The van der Waals surface area contributed by atoms with Gasteiger partial charge in [-0.1, -0.05) is 17.7 Å². The van der Waals surface area contributed by atoms with Crippen LogP contribution in [0.1, 0.15) is 21.9 Å². The van der Waals surface area contributed by atoms with E-state index in [9.17, 15) is 4.79 Å². The molecule has 0 aromatic carbocycles. The molecular weight excluding hydrogens is 312 g/mol. The number of aryl methyl sites for hydroxylation is 1. The monoisotopic (exact) mass is 322 g/mol. The molecule has 0 fully saturated rings. The van der Waals surface area contributed by atoms with Gasteiger partial charge in [0, 0.05) is 6.20 Å². The molecular formula is C14H11ClN2O3S. The lowest BCUT2D eigenvalue weighted by Gasteiger charge is -2.00. The van der Waals surface area contributed by atoms with Crippen molar-refractivity contribution in [2.45, 2.75) is 13.5 Å². The maximum absolute atomic E-state index is 11.8. The summed E-state index contributed by atoms with van der Waals surface area (Å²) in [6, 6.07) is 5.36. The van der Waals surface area contributed by atoms with E-state index < -0.39 is 5.97 Å². The summed E-state index contributed by atoms with van der Waals surface area (Å²) in [5.41, 5.74) is 0.907. The van der Waals surface area contributed by atoms with E-state index in [0.717, 1.165) is 4.88 Å². The van der Waals surface area contributed by atoms with Crippen LogP contribution in [0.5, 0.6) is 0 Å². The van der Waals surface area contributed by atoms with Crippen LogP contribution in [0.2, 0.25) is 5.02 Å². The van der Waals surface area contributed by atoms with E-state index in [-0.39, 0.29) is 6.61 Å².